The predicted molar refractivity (Wildman–Crippen MR) is 309 cm³/mol. The van der Waals surface area contributed by atoms with Crippen LogP contribution in [0.4, 0.5) is 51.2 Å². The Kier molecular flexibility index (Phi) is 8.98. The van der Waals surface area contributed by atoms with Gasteiger partial charge in [-0.1, -0.05) is 137 Å². The summed E-state index contributed by atoms with van der Waals surface area (Å²) in [7, 11) is 0. The molecule has 7 aromatic carbocycles. The Morgan fingerprint density at radius 2 is 1.14 bits per heavy atom. The van der Waals surface area contributed by atoms with Crippen molar-refractivity contribution in [3.63, 3.8) is 0 Å². The first-order chi connectivity index (χ1) is 35.7. The van der Waals surface area contributed by atoms with Crippen LogP contribution in [0.25, 0.3) is 10.1 Å². The Balaban J connectivity index is 1.28. The van der Waals surface area contributed by atoms with E-state index >= 15 is 0 Å². The van der Waals surface area contributed by atoms with Gasteiger partial charge in [-0.15, -0.1) is 11.3 Å². The summed E-state index contributed by atoms with van der Waals surface area (Å²) >= 11 is 1.95. The molecule has 3 nitrogen and oxygen atoms in total. The van der Waals surface area contributed by atoms with E-state index in [2.05, 4.69) is 179 Å². The summed E-state index contributed by atoms with van der Waals surface area (Å²) < 4.78 is 48.6. The van der Waals surface area contributed by atoms with E-state index in [4.69, 9.17) is 4.11 Å². The lowest BCUT2D eigenvalue weighted by Gasteiger charge is -2.45. The number of thiophene rings is 1. The van der Waals surface area contributed by atoms with Crippen LogP contribution in [0.15, 0.2) is 139 Å². The minimum Gasteiger partial charge on any atom is -0.311 e. The zero-order valence-corrected chi connectivity index (χ0v) is 44.9. The van der Waals surface area contributed by atoms with Crippen LogP contribution in [0, 0.1) is 13.8 Å². The van der Waals surface area contributed by atoms with Crippen molar-refractivity contribution in [3.8, 4) is 0 Å². The van der Waals surface area contributed by atoms with Crippen LogP contribution < -0.4 is 30.4 Å². The number of anilines is 9. The van der Waals surface area contributed by atoms with E-state index in [-0.39, 0.29) is 63.6 Å². The second-order valence-electron chi connectivity index (χ2n) is 25.0. The summed E-state index contributed by atoms with van der Waals surface area (Å²) in [5.74, 6) is 0. The third-order valence-corrected chi connectivity index (χ3v) is 18.2. The maximum absolute atomic E-state index is 9.58. The molecule has 0 fully saturated rings. The molecule has 0 spiro atoms. The van der Waals surface area contributed by atoms with Crippen LogP contribution in [0.5, 0.6) is 0 Å². The molecule has 0 atom stereocenters. The molecule has 2 aliphatic carbocycles. The number of aryl methyl sites for hydroxylation is 2. The van der Waals surface area contributed by atoms with Crippen molar-refractivity contribution in [1.82, 2.24) is 0 Å². The lowest BCUT2D eigenvalue weighted by molar-refractivity contribution is 0.332. The van der Waals surface area contributed by atoms with E-state index in [1.807, 2.05) is 46.6 Å². The van der Waals surface area contributed by atoms with E-state index in [0.717, 1.165) is 65.2 Å². The summed E-state index contributed by atoms with van der Waals surface area (Å²) in [5, 5.41) is 1.25. The summed E-state index contributed by atoms with van der Waals surface area (Å²) in [4.78, 5) is 6.93. The van der Waals surface area contributed by atoms with Gasteiger partial charge in [0.15, 0.2) is 0 Å². The second-order valence-corrected chi connectivity index (χ2v) is 26.1. The highest BCUT2D eigenvalue weighted by molar-refractivity contribution is 7.33. The van der Waals surface area contributed by atoms with Crippen molar-refractivity contribution in [3.05, 3.63) is 178 Å². The quantitative estimate of drug-likeness (QED) is 0.159. The van der Waals surface area contributed by atoms with Gasteiger partial charge in [0.2, 0.25) is 0 Å². The number of hydrogen-bond acceptors (Lipinski definition) is 4. The van der Waals surface area contributed by atoms with E-state index < -0.39 is 6.04 Å². The van der Waals surface area contributed by atoms with E-state index in [9.17, 15) is 2.74 Å². The number of rotatable bonds is 5. The Morgan fingerprint density at radius 1 is 0.549 bits per heavy atom. The SMILES string of the molecule is [2H]c1c([2H])c([2H])c(N(c2ccccc2)c2cc3c4c(c2)N(c2ccc5c(c2)C(C)(C)CCC5(C)C)c2c(sc5cc6c(cc25)C(C)(C)CCC6(C)C)B4c2cc(C(C)(C)C)ccc2N3c2cc(C)cc(C)c2)c([2H])c1[2H]. The normalized spacial score (nSPS) is 18.8. The average molecular weight is 953 g/mol. The van der Waals surface area contributed by atoms with Crippen LogP contribution in [-0.4, -0.2) is 6.71 Å². The van der Waals surface area contributed by atoms with Gasteiger partial charge in [0.25, 0.3) is 6.71 Å². The van der Waals surface area contributed by atoms with Gasteiger partial charge in [0.05, 0.1) is 18.2 Å². The Labute approximate surface area is 435 Å². The van der Waals surface area contributed by atoms with Crippen molar-refractivity contribution in [2.24, 2.45) is 0 Å². The van der Waals surface area contributed by atoms with Crippen molar-refractivity contribution >= 4 is 95.0 Å². The molecule has 0 bridgehead atoms. The third-order valence-electron chi connectivity index (χ3n) is 17.0. The molecule has 1 aromatic heterocycles. The summed E-state index contributed by atoms with van der Waals surface area (Å²) in [6.07, 6.45) is 4.42. The topological polar surface area (TPSA) is 9.72 Å². The monoisotopic (exact) mass is 953 g/mol. The van der Waals surface area contributed by atoms with Crippen molar-refractivity contribution in [1.29, 1.82) is 0 Å². The molecular formula is C66H70BN3S. The van der Waals surface area contributed by atoms with Gasteiger partial charge in [0.1, 0.15) is 0 Å². The van der Waals surface area contributed by atoms with Gasteiger partial charge in [-0.2, -0.15) is 0 Å². The van der Waals surface area contributed by atoms with Gasteiger partial charge in [-0.05, 0) is 195 Å². The first-order valence-electron chi connectivity index (χ1n) is 28.4. The summed E-state index contributed by atoms with van der Waals surface area (Å²) in [5.41, 5.74) is 19.3. The van der Waals surface area contributed by atoms with E-state index in [1.54, 1.807) is 0 Å². The van der Waals surface area contributed by atoms with Crippen molar-refractivity contribution in [2.75, 3.05) is 14.7 Å². The number of para-hydroxylation sites is 2. The average Bonchev–Trinajstić information content (AvgIpc) is 3.84. The first-order valence-corrected chi connectivity index (χ1v) is 26.7. The van der Waals surface area contributed by atoms with Gasteiger partial charge >= 0.3 is 0 Å². The molecule has 0 N–H and O–H groups in total. The molecular weight excluding hydrogens is 878 g/mol. The standard InChI is InChI=1S/C66H70BN3S/c1-41-32-42(2)34-47(33-41)69-55-27-24-43(62(3,4)5)35-54(55)67-59-56(69)37-48(68(44-20-16-14-17-21-44)45-22-18-15-19-23-45)38-57(59)70(46-25-26-50-51(36-46)64(8,9)29-28-63(50,6)7)60-49-39-52-53(40-58(49)71-61(60)67)66(12,13)31-30-65(52,10)11/h14-27,32-40H,28-31H2,1-13H3/i14D,16D,17D,20D,21D. The molecule has 0 amide bonds. The molecule has 0 saturated heterocycles. The van der Waals surface area contributed by atoms with Crippen molar-refractivity contribution < 1.29 is 6.85 Å². The molecule has 0 unspecified atom stereocenters. The number of benzene rings is 7. The molecule has 4 aliphatic rings. The fourth-order valence-electron chi connectivity index (χ4n) is 12.8. The molecule has 71 heavy (non-hydrogen) atoms. The Morgan fingerprint density at radius 3 is 1.77 bits per heavy atom. The summed E-state index contributed by atoms with van der Waals surface area (Å²) in [6.45, 7) is 30.4. The molecule has 12 rings (SSSR count). The van der Waals surface area contributed by atoms with Crippen LogP contribution in [0.3, 0.4) is 0 Å². The zero-order valence-electron chi connectivity index (χ0n) is 49.0. The summed E-state index contributed by atoms with van der Waals surface area (Å²) in [6, 6.07) is 38.9. The second kappa shape index (κ2) is 15.7. The van der Waals surface area contributed by atoms with Crippen molar-refractivity contribution in [2.45, 2.75) is 143 Å². The molecule has 5 heteroatoms. The highest BCUT2D eigenvalue weighted by Crippen LogP contribution is 2.55. The van der Waals surface area contributed by atoms with Crippen LogP contribution in [0.2, 0.25) is 0 Å². The van der Waals surface area contributed by atoms with Crippen LogP contribution in [-0.2, 0) is 27.1 Å². The number of fused-ring (bicyclic) bond motifs is 8. The highest BCUT2D eigenvalue weighted by Gasteiger charge is 2.48. The van der Waals surface area contributed by atoms with Gasteiger partial charge in [0, 0.05) is 54.7 Å². The minimum absolute atomic E-state index is 0.00812. The maximum Gasteiger partial charge on any atom is 0.264 e. The maximum atomic E-state index is 9.58. The minimum atomic E-state index is -0.419. The molecule has 358 valence electrons. The smallest absolute Gasteiger partial charge is 0.264 e. The van der Waals surface area contributed by atoms with Crippen LogP contribution >= 0.6 is 11.3 Å². The highest BCUT2D eigenvalue weighted by atomic mass is 32.1. The lowest BCUT2D eigenvalue weighted by atomic mass is 9.36. The Hall–Kier alpha value is -6.04. The van der Waals surface area contributed by atoms with E-state index in [1.165, 1.54) is 59.3 Å². The van der Waals surface area contributed by atoms with Crippen LogP contribution in [0.1, 0.15) is 148 Å². The van der Waals surface area contributed by atoms with E-state index in [0.29, 0.717) is 11.4 Å². The Bertz CT molecular complexity index is 3720. The molecule has 2 aliphatic heterocycles. The fraction of sp³-hybridized carbons (Fsp3) is 0.333. The molecule has 3 heterocycles. The lowest BCUT2D eigenvalue weighted by Crippen LogP contribution is -2.60. The zero-order chi connectivity index (χ0) is 54.1. The molecule has 0 saturated carbocycles. The largest absolute Gasteiger partial charge is 0.311 e. The number of nitrogens with zero attached hydrogens (tertiary/aromatic N) is 3. The number of hydrogen-bond donors (Lipinski definition) is 0. The van der Waals surface area contributed by atoms with Gasteiger partial charge in [-0.25, -0.2) is 0 Å². The van der Waals surface area contributed by atoms with Gasteiger partial charge < -0.3 is 14.7 Å². The molecule has 0 radical (unpaired) electrons. The fourth-order valence-corrected chi connectivity index (χ4v) is 14.1. The van der Waals surface area contributed by atoms with Gasteiger partial charge in [-0.3, -0.25) is 0 Å². The molecule has 8 aromatic rings. The third kappa shape index (κ3) is 7.26. The predicted octanol–water partition coefficient (Wildman–Crippen LogP) is 17.1. The first kappa shape index (κ1) is 40.5.